The molecule has 0 aliphatic heterocycles. The first-order valence-electron chi connectivity index (χ1n) is 12.0. The molecule has 3 aromatic rings. The summed E-state index contributed by atoms with van der Waals surface area (Å²) in [6.45, 7) is 0.738. The Hall–Kier alpha value is -3.95. The van der Waals surface area contributed by atoms with Crippen LogP contribution in [0.3, 0.4) is 0 Å². The average molecular weight is 575 g/mol. The van der Waals surface area contributed by atoms with E-state index in [4.69, 9.17) is 42.3 Å². The minimum Gasteiger partial charge on any atom is -0.497 e. The summed E-state index contributed by atoms with van der Waals surface area (Å²) < 4.78 is 16.1. The van der Waals surface area contributed by atoms with Crippen molar-refractivity contribution in [1.82, 2.24) is 5.32 Å². The molecular formula is C28H28Cl2N2O7. The second-order valence-corrected chi connectivity index (χ2v) is 9.05. The second kappa shape index (κ2) is 15.5. The topological polar surface area (TPSA) is 116 Å². The van der Waals surface area contributed by atoms with Gasteiger partial charge in [0.2, 0.25) is 0 Å². The van der Waals surface area contributed by atoms with Gasteiger partial charge in [-0.3, -0.25) is 0 Å². The van der Waals surface area contributed by atoms with Crippen molar-refractivity contribution in [3.63, 3.8) is 0 Å². The second-order valence-electron chi connectivity index (χ2n) is 8.21. The highest BCUT2D eigenvalue weighted by Gasteiger charge is 2.18. The molecule has 0 spiro atoms. The standard InChI is InChI=1S/C28H28Cl2N2O7/c1-36-23-10-8-20(9-11-23)18-39-32-25(27(33)34)15-21-14-22(29)16-24(30)26(21)37-13-5-12-31-28(35)38-17-19-6-3-2-4-7-19/h2-4,6-11,14,16H,5,12-13,15,17-18H2,1H3,(H,31,35)(H,33,34)/b32-25+. The number of nitrogens with one attached hydrogen (secondary N) is 1. The van der Waals surface area contributed by atoms with E-state index in [0.717, 1.165) is 11.1 Å². The van der Waals surface area contributed by atoms with Gasteiger partial charge in [0.25, 0.3) is 0 Å². The van der Waals surface area contributed by atoms with Gasteiger partial charge in [0, 0.05) is 23.6 Å². The maximum atomic E-state index is 11.9. The summed E-state index contributed by atoms with van der Waals surface area (Å²) in [5, 5.41) is 16.7. The molecule has 2 N–H and O–H groups in total. The monoisotopic (exact) mass is 574 g/mol. The van der Waals surface area contributed by atoms with E-state index in [1.807, 2.05) is 30.3 Å². The van der Waals surface area contributed by atoms with E-state index in [-0.39, 0.29) is 42.7 Å². The Morgan fingerprint density at radius 2 is 1.69 bits per heavy atom. The van der Waals surface area contributed by atoms with Gasteiger partial charge in [-0.1, -0.05) is 70.8 Å². The van der Waals surface area contributed by atoms with E-state index in [2.05, 4.69) is 10.5 Å². The van der Waals surface area contributed by atoms with Crippen molar-refractivity contribution in [2.45, 2.75) is 26.1 Å². The fourth-order valence-electron chi connectivity index (χ4n) is 3.35. The maximum Gasteiger partial charge on any atom is 0.407 e. The lowest BCUT2D eigenvalue weighted by atomic mass is 10.1. The van der Waals surface area contributed by atoms with Crippen LogP contribution in [0.5, 0.6) is 11.5 Å². The van der Waals surface area contributed by atoms with Gasteiger partial charge < -0.3 is 29.5 Å². The van der Waals surface area contributed by atoms with Gasteiger partial charge in [-0.15, -0.1) is 0 Å². The van der Waals surface area contributed by atoms with Crippen molar-refractivity contribution in [3.8, 4) is 11.5 Å². The predicted octanol–water partition coefficient (Wildman–Crippen LogP) is 5.90. The highest BCUT2D eigenvalue weighted by Crippen LogP contribution is 2.33. The minimum absolute atomic E-state index is 0.0707. The third kappa shape index (κ3) is 10.0. The highest BCUT2D eigenvalue weighted by atomic mass is 35.5. The van der Waals surface area contributed by atoms with Crippen LogP contribution in [-0.2, 0) is 34.0 Å². The van der Waals surface area contributed by atoms with Crippen molar-refractivity contribution in [3.05, 3.63) is 93.5 Å². The molecule has 0 aliphatic carbocycles. The SMILES string of the molecule is COc1ccc(CO/N=C(\Cc2cc(Cl)cc(Cl)c2OCCCNC(=O)OCc2ccccc2)C(=O)O)cc1. The zero-order valence-electron chi connectivity index (χ0n) is 21.2. The summed E-state index contributed by atoms with van der Waals surface area (Å²) in [6.07, 6.45) is -0.234. The van der Waals surface area contributed by atoms with E-state index in [0.29, 0.717) is 29.3 Å². The number of rotatable bonds is 14. The predicted molar refractivity (Wildman–Crippen MR) is 148 cm³/mol. The molecule has 0 saturated heterocycles. The number of oxime groups is 1. The maximum absolute atomic E-state index is 11.9. The van der Waals surface area contributed by atoms with E-state index in [9.17, 15) is 14.7 Å². The Morgan fingerprint density at radius 1 is 0.974 bits per heavy atom. The number of carbonyl (C=O) groups is 2. The van der Waals surface area contributed by atoms with Gasteiger partial charge in [0.15, 0.2) is 5.71 Å². The molecular weight excluding hydrogens is 547 g/mol. The van der Waals surface area contributed by atoms with Crippen molar-refractivity contribution in [2.24, 2.45) is 5.16 Å². The fraction of sp³-hybridized carbons (Fsp3) is 0.250. The first-order chi connectivity index (χ1) is 18.9. The van der Waals surface area contributed by atoms with Crippen molar-refractivity contribution in [2.75, 3.05) is 20.3 Å². The van der Waals surface area contributed by atoms with E-state index < -0.39 is 12.1 Å². The van der Waals surface area contributed by atoms with E-state index >= 15 is 0 Å². The number of hydrogen-bond donors (Lipinski definition) is 2. The van der Waals surface area contributed by atoms with Crippen LogP contribution in [0.25, 0.3) is 0 Å². The van der Waals surface area contributed by atoms with Gasteiger partial charge in [0.1, 0.15) is 24.7 Å². The zero-order valence-corrected chi connectivity index (χ0v) is 22.7. The number of carboxylic acids is 1. The summed E-state index contributed by atoms with van der Waals surface area (Å²) in [4.78, 5) is 29.0. The van der Waals surface area contributed by atoms with Crippen molar-refractivity contribution in [1.29, 1.82) is 0 Å². The molecule has 3 aromatic carbocycles. The smallest absolute Gasteiger partial charge is 0.407 e. The van der Waals surface area contributed by atoms with Crippen LogP contribution in [-0.4, -0.2) is 43.1 Å². The van der Waals surface area contributed by atoms with Crippen LogP contribution >= 0.6 is 23.2 Å². The molecule has 0 heterocycles. The van der Waals surface area contributed by atoms with Crippen LogP contribution in [0.2, 0.25) is 10.0 Å². The largest absolute Gasteiger partial charge is 0.497 e. The number of methoxy groups -OCH3 is 1. The molecule has 9 nitrogen and oxygen atoms in total. The third-order valence-corrected chi connectivity index (χ3v) is 5.80. The lowest BCUT2D eigenvalue weighted by Crippen LogP contribution is -2.26. The third-order valence-electron chi connectivity index (χ3n) is 5.30. The Balaban J connectivity index is 1.53. The number of aliphatic carboxylic acids is 1. The molecule has 0 radical (unpaired) electrons. The number of halogens is 2. The summed E-state index contributed by atoms with van der Waals surface area (Å²) >= 11 is 12.5. The van der Waals surface area contributed by atoms with E-state index in [1.54, 1.807) is 37.4 Å². The van der Waals surface area contributed by atoms with Gasteiger partial charge in [-0.25, -0.2) is 9.59 Å². The van der Waals surface area contributed by atoms with Gasteiger partial charge in [-0.05, 0) is 41.8 Å². The highest BCUT2D eigenvalue weighted by molar-refractivity contribution is 6.37. The minimum atomic E-state index is -1.26. The Morgan fingerprint density at radius 3 is 2.38 bits per heavy atom. The Bertz CT molecular complexity index is 1270. The Labute approximate surface area is 236 Å². The van der Waals surface area contributed by atoms with E-state index in [1.165, 1.54) is 6.07 Å². The molecule has 0 fully saturated rings. The first-order valence-corrected chi connectivity index (χ1v) is 12.7. The number of carbonyl (C=O) groups excluding carboxylic acids is 1. The number of alkyl carbamates (subject to hydrolysis) is 1. The van der Waals surface area contributed by atoms with Gasteiger partial charge in [-0.2, -0.15) is 0 Å². The normalized spacial score (nSPS) is 11.0. The number of benzene rings is 3. The molecule has 0 aromatic heterocycles. The molecule has 0 bridgehead atoms. The van der Waals surface area contributed by atoms with Crippen LogP contribution in [0.1, 0.15) is 23.1 Å². The Kier molecular flexibility index (Phi) is 11.7. The van der Waals surface area contributed by atoms with Crippen LogP contribution in [0.15, 0.2) is 71.9 Å². The molecule has 0 saturated carbocycles. The molecule has 11 heteroatoms. The van der Waals surface area contributed by atoms with Crippen molar-refractivity contribution < 1.29 is 33.7 Å². The summed E-state index contributed by atoms with van der Waals surface area (Å²) in [6, 6.07) is 19.5. The molecule has 206 valence electrons. The summed E-state index contributed by atoms with van der Waals surface area (Å²) in [7, 11) is 1.57. The summed E-state index contributed by atoms with van der Waals surface area (Å²) in [5.74, 6) is -0.292. The fourth-order valence-corrected chi connectivity index (χ4v) is 3.94. The number of carboxylic acid groups (broad SMARTS) is 1. The van der Waals surface area contributed by atoms with Crippen molar-refractivity contribution >= 4 is 41.0 Å². The molecule has 39 heavy (non-hydrogen) atoms. The zero-order chi connectivity index (χ0) is 28.0. The lowest BCUT2D eigenvalue weighted by Gasteiger charge is -2.14. The summed E-state index contributed by atoms with van der Waals surface area (Å²) in [5.41, 5.74) is 1.85. The molecule has 0 aliphatic rings. The van der Waals surface area contributed by atoms with Gasteiger partial charge >= 0.3 is 12.1 Å². The number of ether oxygens (including phenoxy) is 3. The molecule has 0 unspecified atom stereocenters. The quantitative estimate of drug-likeness (QED) is 0.140. The number of nitrogens with zero attached hydrogens (tertiary/aromatic N) is 1. The van der Waals surface area contributed by atoms with Gasteiger partial charge in [0.05, 0.1) is 18.7 Å². The first kappa shape index (κ1) is 29.6. The number of hydrogen-bond acceptors (Lipinski definition) is 7. The van der Waals surface area contributed by atoms with Crippen LogP contribution in [0, 0.1) is 0 Å². The molecule has 0 atom stereocenters. The average Bonchev–Trinajstić information content (AvgIpc) is 2.93. The van der Waals surface area contributed by atoms with Crippen LogP contribution in [0.4, 0.5) is 4.79 Å². The molecule has 1 amide bonds. The number of amides is 1. The van der Waals surface area contributed by atoms with Crippen LogP contribution < -0.4 is 14.8 Å². The lowest BCUT2D eigenvalue weighted by molar-refractivity contribution is -0.129. The molecule has 3 rings (SSSR count).